The Balaban J connectivity index is 1.42. The predicted molar refractivity (Wildman–Crippen MR) is 103 cm³/mol. The van der Waals surface area contributed by atoms with E-state index >= 15 is 0 Å². The fraction of sp³-hybridized carbons (Fsp3) is 0.500. The van der Waals surface area contributed by atoms with Crippen molar-refractivity contribution in [1.29, 1.82) is 0 Å². The van der Waals surface area contributed by atoms with Crippen LogP contribution in [0.15, 0.2) is 24.5 Å². The molecule has 3 aromatic rings. The number of fused-ring (bicyclic) bond motifs is 1. The highest BCUT2D eigenvalue weighted by Crippen LogP contribution is 2.27. The largest absolute Gasteiger partial charge is 0.453 e. The smallest absolute Gasteiger partial charge is 0.351 e. The molecule has 0 N–H and O–H groups in total. The lowest BCUT2D eigenvalue weighted by atomic mass is 10.0. The number of aromatic nitrogens is 5. The molecule has 0 aromatic carbocycles. The number of alkyl halides is 3. The second kappa shape index (κ2) is 7.73. The number of rotatable bonds is 4. The molecule has 1 aliphatic heterocycles. The topological polar surface area (TPSA) is 68.3 Å². The lowest BCUT2D eigenvalue weighted by molar-refractivity contribution is -0.144. The van der Waals surface area contributed by atoms with Gasteiger partial charge in [-0.1, -0.05) is 0 Å². The summed E-state index contributed by atoms with van der Waals surface area (Å²) in [5.74, 6) is -1.25. The van der Waals surface area contributed by atoms with Gasteiger partial charge in [-0.2, -0.15) is 18.2 Å². The van der Waals surface area contributed by atoms with Gasteiger partial charge in [0, 0.05) is 49.3 Å². The van der Waals surface area contributed by atoms with Crippen molar-refractivity contribution in [2.24, 2.45) is 0 Å². The number of hydrogen-bond donors (Lipinski definition) is 0. The van der Waals surface area contributed by atoms with Crippen molar-refractivity contribution in [2.75, 3.05) is 13.1 Å². The van der Waals surface area contributed by atoms with E-state index in [1.165, 1.54) is 0 Å². The Morgan fingerprint density at radius 3 is 2.43 bits per heavy atom. The zero-order chi connectivity index (χ0) is 21.5. The number of halogens is 3. The van der Waals surface area contributed by atoms with Crippen LogP contribution in [0, 0.1) is 13.8 Å². The van der Waals surface area contributed by atoms with Crippen LogP contribution in [0.2, 0.25) is 0 Å². The molecule has 0 aliphatic carbocycles. The summed E-state index contributed by atoms with van der Waals surface area (Å²) in [6.07, 6.45) is 1.96. The van der Waals surface area contributed by atoms with Crippen LogP contribution in [-0.2, 0) is 17.4 Å². The quantitative estimate of drug-likeness (QED) is 0.649. The van der Waals surface area contributed by atoms with Crippen LogP contribution < -0.4 is 0 Å². The van der Waals surface area contributed by atoms with Crippen LogP contribution in [0.5, 0.6) is 0 Å². The first kappa shape index (κ1) is 20.4. The summed E-state index contributed by atoms with van der Waals surface area (Å²) in [5, 5.41) is 3.56. The minimum Gasteiger partial charge on any atom is -0.351 e. The molecule has 0 radical (unpaired) electrons. The zero-order valence-electron chi connectivity index (χ0n) is 16.9. The molecule has 10 heteroatoms. The van der Waals surface area contributed by atoms with E-state index in [1.807, 2.05) is 29.4 Å². The molecule has 4 heterocycles. The second-order valence-electron chi connectivity index (χ2n) is 7.65. The number of amides is 1. The van der Waals surface area contributed by atoms with Gasteiger partial charge in [0.25, 0.3) is 11.6 Å². The van der Waals surface area contributed by atoms with E-state index < -0.39 is 12.0 Å². The fourth-order valence-corrected chi connectivity index (χ4v) is 4.08. The van der Waals surface area contributed by atoms with E-state index in [0.717, 1.165) is 22.9 Å². The molecule has 0 spiro atoms. The highest BCUT2D eigenvalue weighted by Gasteiger charge is 2.37. The average molecular weight is 420 g/mol. The number of carbonyl (C=O) groups is 1. The first-order chi connectivity index (χ1) is 14.2. The minimum absolute atomic E-state index is 0.0504. The van der Waals surface area contributed by atoms with E-state index in [9.17, 15) is 18.0 Å². The van der Waals surface area contributed by atoms with Gasteiger partial charge in [0.15, 0.2) is 0 Å². The van der Waals surface area contributed by atoms with E-state index in [0.29, 0.717) is 36.9 Å². The summed E-state index contributed by atoms with van der Waals surface area (Å²) in [6, 6.07) is 4.41. The number of aryl methyl sites for hydroxylation is 2. The molecule has 0 saturated carbocycles. The van der Waals surface area contributed by atoms with Crippen LogP contribution in [-0.4, -0.2) is 48.0 Å². The monoisotopic (exact) mass is 420 g/mol. The molecule has 7 nitrogen and oxygen atoms in total. The van der Waals surface area contributed by atoms with Gasteiger partial charge in [0.1, 0.15) is 0 Å². The van der Waals surface area contributed by atoms with Gasteiger partial charge >= 0.3 is 6.18 Å². The summed E-state index contributed by atoms with van der Waals surface area (Å²) in [7, 11) is 0. The van der Waals surface area contributed by atoms with Crippen LogP contribution in [0.1, 0.15) is 48.1 Å². The molecular formula is C20H23F3N6O. The standard InChI is InChI=1S/C20H23F3N6O/c1-13-16(14(2)29-19(24-13)25-18(26-29)20(21,22)23)5-6-17(30)28-11-7-15(8-12-28)27-9-3-4-10-27/h3-4,9-10,15H,5-8,11-12H2,1-2H3. The van der Waals surface area contributed by atoms with Crippen LogP contribution in [0.3, 0.4) is 0 Å². The van der Waals surface area contributed by atoms with E-state index in [2.05, 4.69) is 19.6 Å². The van der Waals surface area contributed by atoms with Gasteiger partial charge in [-0.15, -0.1) is 5.10 Å². The van der Waals surface area contributed by atoms with E-state index in [-0.39, 0.29) is 18.1 Å². The Morgan fingerprint density at radius 2 is 1.80 bits per heavy atom. The predicted octanol–water partition coefficient (Wildman–Crippen LogP) is 3.36. The van der Waals surface area contributed by atoms with Crippen LogP contribution in [0.25, 0.3) is 5.78 Å². The molecule has 0 atom stereocenters. The Hall–Kier alpha value is -2.91. The van der Waals surface area contributed by atoms with Crippen molar-refractivity contribution >= 4 is 11.7 Å². The van der Waals surface area contributed by atoms with Crippen molar-refractivity contribution in [2.45, 2.75) is 51.7 Å². The minimum atomic E-state index is -4.63. The van der Waals surface area contributed by atoms with E-state index in [1.54, 1.807) is 13.8 Å². The number of nitrogens with zero attached hydrogens (tertiary/aromatic N) is 6. The first-order valence-corrected chi connectivity index (χ1v) is 9.94. The summed E-state index contributed by atoms with van der Waals surface area (Å²) in [4.78, 5) is 22.2. The highest BCUT2D eigenvalue weighted by molar-refractivity contribution is 5.76. The molecule has 1 fully saturated rings. The van der Waals surface area contributed by atoms with Crippen LogP contribution >= 0.6 is 0 Å². The molecule has 3 aromatic heterocycles. The SMILES string of the molecule is Cc1nc2nc(C(F)(F)F)nn2c(C)c1CCC(=O)N1CCC(n2cccc2)CC1. The normalized spacial score (nSPS) is 15.8. The van der Waals surface area contributed by atoms with Crippen molar-refractivity contribution < 1.29 is 18.0 Å². The molecule has 160 valence electrons. The molecule has 1 amide bonds. The third-order valence-electron chi connectivity index (χ3n) is 5.76. The number of piperidine rings is 1. The lowest BCUT2D eigenvalue weighted by Crippen LogP contribution is -2.39. The third-order valence-corrected chi connectivity index (χ3v) is 5.76. The van der Waals surface area contributed by atoms with Gasteiger partial charge in [0.05, 0.1) is 0 Å². The summed E-state index contributed by atoms with van der Waals surface area (Å²) in [5.41, 5.74) is 1.83. The molecule has 0 unspecified atom stereocenters. The molecule has 0 bridgehead atoms. The summed E-state index contributed by atoms with van der Waals surface area (Å²) in [6.45, 7) is 4.81. The van der Waals surface area contributed by atoms with Gasteiger partial charge in [-0.3, -0.25) is 4.79 Å². The maximum Gasteiger partial charge on any atom is 0.453 e. The van der Waals surface area contributed by atoms with Gasteiger partial charge < -0.3 is 9.47 Å². The van der Waals surface area contributed by atoms with Gasteiger partial charge in [0.2, 0.25) is 5.91 Å². The van der Waals surface area contributed by atoms with Gasteiger partial charge in [-0.05, 0) is 50.8 Å². The lowest BCUT2D eigenvalue weighted by Gasteiger charge is -2.33. The summed E-state index contributed by atoms with van der Waals surface area (Å²) < 4.78 is 42.0. The highest BCUT2D eigenvalue weighted by atomic mass is 19.4. The number of hydrogen-bond acceptors (Lipinski definition) is 4. The van der Waals surface area contributed by atoms with Crippen molar-refractivity contribution in [3.8, 4) is 0 Å². The maximum absolute atomic E-state index is 12.9. The summed E-state index contributed by atoms with van der Waals surface area (Å²) >= 11 is 0. The van der Waals surface area contributed by atoms with Crippen molar-refractivity contribution in [1.82, 2.24) is 29.0 Å². The van der Waals surface area contributed by atoms with Crippen molar-refractivity contribution in [3.63, 3.8) is 0 Å². The Labute approximate surface area is 171 Å². The Kier molecular flexibility index (Phi) is 5.25. The van der Waals surface area contributed by atoms with Crippen LogP contribution in [0.4, 0.5) is 13.2 Å². The zero-order valence-corrected chi connectivity index (χ0v) is 16.9. The first-order valence-electron chi connectivity index (χ1n) is 9.94. The maximum atomic E-state index is 12.9. The Morgan fingerprint density at radius 1 is 1.13 bits per heavy atom. The number of likely N-dealkylation sites (tertiary alicyclic amines) is 1. The Bertz CT molecular complexity index is 1050. The fourth-order valence-electron chi connectivity index (χ4n) is 4.08. The molecule has 4 rings (SSSR count). The third kappa shape index (κ3) is 3.90. The molecular weight excluding hydrogens is 397 g/mol. The molecule has 1 saturated heterocycles. The average Bonchev–Trinajstić information content (AvgIpc) is 3.37. The number of carbonyl (C=O) groups excluding carboxylic acids is 1. The second-order valence-corrected chi connectivity index (χ2v) is 7.65. The van der Waals surface area contributed by atoms with E-state index in [4.69, 9.17) is 0 Å². The van der Waals surface area contributed by atoms with Gasteiger partial charge in [-0.25, -0.2) is 9.50 Å². The molecule has 1 aliphatic rings. The molecule has 30 heavy (non-hydrogen) atoms. The van der Waals surface area contributed by atoms with Crippen molar-refractivity contribution in [3.05, 3.63) is 47.3 Å².